The molecule has 0 bridgehead atoms. The molecule has 3 amide bonds. The van der Waals surface area contributed by atoms with E-state index in [0.717, 1.165) is 33.2 Å². The molecule has 1 aliphatic rings. The lowest BCUT2D eigenvalue weighted by Crippen LogP contribution is -2.40. The van der Waals surface area contributed by atoms with Gasteiger partial charge in [-0.05, 0) is 53.9 Å². The summed E-state index contributed by atoms with van der Waals surface area (Å²) < 4.78 is 5.26. The summed E-state index contributed by atoms with van der Waals surface area (Å²) in [4.78, 5) is 27.0. The maximum Gasteiger partial charge on any atom is 0.325 e. The Balaban J connectivity index is 1.65. The van der Waals surface area contributed by atoms with Crippen molar-refractivity contribution in [2.24, 2.45) is 0 Å². The maximum atomic E-state index is 13.2. The van der Waals surface area contributed by atoms with Gasteiger partial charge in [-0.1, -0.05) is 48.0 Å². The van der Waals surface area contributed by atoms with Crippen molar-refractivity contribution in [1.82, 2.24) is 10.2 Å². The molecular formula is C23H22N2O3. The van der Waals surface area contributed by atoms with E-state index in [2.05, 4.69) is 5.32 Å². The molecule has 0 aromatic heterocycles. The van der Waals surface area contributed by atoms with Crippen LogP contribution in [-0.2, 0) is 16.9 Å². The third-order valence-electron chi connectivity index (χ3n) is 5.36. The summed E-state index contributed by atoms with van der Waals surface area (Å²) in [5.41, 5.74) is 1.73. The zero-order valence-electron chi connectivity index (χ0n) is 16.2. The minimum Gasteiger partial charge on any atom is -0.497 e. The van der Waals surface area contributed by atoms with Gasteiger partial charge in [0.1, 0.15) is 11.3 Å². The average Bonchev–Trinajstić information content (AvgIpc) is 2.92. The molecule has 1 heterocycles. The van der Waals surface area contributed by atoms with Gasteiger partial charge in [0.15, 0.2) is 0 Å². The van der Waals surface area contributed by atoms with E-state index in [1.165, 1.54) is 4.90 Å². The van der Waals surface area contributed by atoms with Gasteiger partial charge >= 0.3 is 6.03 Å². The van der Waals surface area contributed by atoms with Gasteiger partial charge in [-0.25, -0.2) is 4.79 Å². The molecule has 0 unspecified atom stereocenters. The molecule has 0 saturated carbocycles. The van der Waals surface area contributed by atoms with Crippen LogP contribution in [0.5, 0.6) is 5.75 Å². The van der Waals surface area contributed by atoms with Crippen molar-refractivity contribution in [3.05, 3.63) is 77.4 Å². The number of ether oxygens (including phenoxy) is 1. The number of hydrogen-bond acceptors (Lipinski definition) is 3. The molecule has 0 radical (unpaired) electrons. The molecule has 1 atom stereocenters. The lowest BCUT2D eigenvalue weighted by Gasteiger charge is -2.23. The van der Waals surface area contributed by atoms with E-state index in [1.54, 1.807) is 14.0 Å². The van der Waals surface area contributed by atoms with Gasteiger partial charge in [0.25, 0.3) is 5.91 Å². The van der Waals surface area contributed by atoms with Crippen molar-refractivity contribution in [3.63, 3.8) is 0 Å². The summed E-state index contributed by atoms with van der Waals surface area (Å²) in [5.74, 6) is 0.534. The van der Waals surface area contributed by atoms with Crippen molar-refractivity contribution in [2.75, 3.05) is 7.11 Å². The monoisotopic (exact) mass is 374 g/mol. The Morgan fingerprint density at radius 2 is 1.64 bits per heavy atom. The van der Waals surface area contributed by atoms with Crippen LogP contribution < -0.4 is 10.1 Å². The summed E-state index contributed by atoms with van der Waals surface area (Å²) in [6.07, 6.45) is 0. The lowest BCUT2D eigenvalue weighted by atomic mass is 9.90. The first kappa shape index (κ1) is 18.0. The van der Waals surface area contributed by atoms with Crippen molar-refractivity contribution in [1.29, 1.82) is 0 Å². The summed E-state index contributed by atoms with van der Waals surface area (Å²) >= 11 is 0. The van der Waals surface area contributed by atoms with E-state index in [0.29, 0.717) is 0 Å². The van der Waals surface area contributed by atoms with Gasteiger partial charge in [-0.3, -0.25) is 9.69 Å². The number of imide groups is 1. The number of urea groups is 1. The van der Waals surface area contributed by atoms with E-state index in [1.807, 2.05) is 67.6 Å². The molecule has 3 aromatic carbocycles. The zero-order valence-corrected chi connectivity index (χ0v) is 16.2. The largest absolute Gasteiger partial charge is 0.497 e. The third kappa shape index (κ3) is 2.99. The Morgan fingerprint density at radius 3 is 2.36 bits per heavy atom. The summed E-state index contributed by atoms with van der Waals surface area (Å²) in [6.45, 7) is 4.02. The third-order valence-corrected chi connectivity index (χ3v) is 5.36. The second-order valence-electron chi connectivity index (χ2n) is 7.36. The number of nitrogens with one attached hydrogen (secondary N) is 1. The number of nitrogens with zero attached hydrogens (tertiary/aromatic N) is 1. The van der Waals surface area contributed by atoms with Crippen LogP contribution in [0.3, 0.4) is 0 Å². The SMILES string of the molecule is COc1ccc2cc([C@]3(C)NC(=O)N(Cc4ccc(C)cc4)C3=O)ccc2c1. The number of carbonyl (C=O) groups is 2. The second-order valence-corrected chi connectivity index (χ2v) is 7.36. The molecule has 1 fully saturated rings. The number of amides is 3. The van der Waals surface area contributed by atoms with Gasteiger partial charge in [0.2, 0.25) is 0 Å². The maximum absolute atomic E-state index is 13.2. The number of rotatable bonds is 4. The van der Waals surface area contributed by atoms with Crippen LogP contribution in [0.1, 0.15) is 23.6 Å². The molecule has 4 rings (SSSR count). The first-order chi connectivity index (χ1) is 13.4. The number of methoxy groups -OCH3 is 1. The fraction of sp³-hybridized carbons (Fsp3) is 0.217. The van der Waals surface area contributed by atoms with Crippen LogP contribution in [-0.4, -0.2) is 23.9 Å². The quantitative estimate of drug-likeness (QED) is 0.699. The highest BCUT2D eigenvalue weighted by Gasteiger charge is 2.48. The van der Waals surface area contributed by atoms with Crippen LogP contribution >= 0.6 is 0 Å². The number of fused-ring (bicyclic) bond motifs is 1. The Morgan fingerprint density at radius 1 is 0.964 bits per heavy atom. The highest BCUT2D eigenvalue weighted by molar-refractivity contribution is 6.07. The predicted octanol–water partition coefficient (Wildman–Crippen LogP) is 4.12. The molecule has 0 aliphatic carbocycles. The van der Waals surface area contributed by atoms with Crippen molar-refractivity contribution in [2.45, 2.75) is 25.9 Å². The molecule has 142 valence electrons. The van der Waals surface area contributed by atoms with E-state index < -0.39 is 5.54 Å². The second kappa shape index (κ2) is 6.68. The Bertz CT molecular complexity index is 1070. The first-order valence-electron chi connectivity index (χ1n) is 9.19. The molecule has 3 aromatic rings. The van der Waals surface area contributed by atoms with Crippen LogP contribution in [0.25, 0.3) is 10.8 Å². The standard InChI is InChI=1S/C23H22N2O3/c1-15-4-6-16(7-5-15)14-25-21(26)23(2,24-22(25)27)19-10-8-18-13-20(28-3)11-9-17(18)12-19/h4-13H,14H2,1-3H3,(H,24,27)/t23-/m0/s1. The highest BCUT2D eigenvalue weighted by atomic mass is 16.5. The molecule has 1 N–H and O–H groups in total. The summed E-state index contributed by atoms with van der Waals surface area (Å²) in [7, 11) is 1.63. The van der Waals surface area contributed by atoms with Gasteiger partial charge in [0, 0.05) is 0 Å². The highest BCUT2D eigenvalue weighted by Crippen LogP contribution is 2.32. The van der Waals surface area contributed by atoms with E-state index in [9.17, 15) is 9.59 Å². The van der Waals surface area contributed by atoms with E-state index in [4.69, 9.17) is 4.74 Å². The topological polar surface area (TPSA) is 58.6 Å². The molecule has 5 nitrogen and oxygen atoms in total. The average molecular weight is 374 g/mol. The molecular weight excluding hydrogens is 352 g/mol. The Labute approximate surface area is 163 Å². The molecule has 0 spiro atoms. The van der Waals surface area contributed by atoms with Crippen molar-refractivity contribution < 1.29 is 14.3 Å². The van der Waals surface area contributed by atoms with Gasteiger partial charge in [-0.2, -0.15) is 0 Å². The first-order valence-corrected chi connectivity index (χ1v) is 9.19. The molecule has 1 aliphatic heterocycles. The van der Waals surface area contributed by atoms with Crippen LogP contribution in [0.15, 0.2) is 60.7 Å². The molecule has 1 saturated heterocycles. The van der Waals surface area contributed by atoms with Crippen molar-refractivity contribution in [3.8, 4) is 5.75 Å². The van der Waals surface area contributed by atoms with Gasteiger partial charge in [0.05, 0.1) is 13.7 Å². The van der Waals surface area contributed by atoms with E-state index >= 15 is 0 Å². The van der Waals surface area contributed by atoms with Gasteiger partial charge in [-0.15, -0.1) is 0 Å². The minimum absolute atomic E-state index is 0.245. The molecule has 28 heavy (non-hydrogen) atoms. The predicted molar refractivity (Wildman–Crippen MR) is 108 cm³/mol. The normalized spacial score (nSPS) is 19.2. The summed E-state index contributed by atoms with van der Waals surface area (Å²) in [6, 6.07) is 19.0. The fourth-order valence-corrected chi connectivity index (χ4v) is 3.57. The summed E-state index contributed by atoms with van der Waals surface area (Å²) in [5, 5.41) is 4.88. The minimum atomic E-state index is -1.09. The fourth-order valence-electron chi connectivity index (χ4n) is 3.57. The number of carbonyl (C=O) groups excluding carboxylic acids is 2. The van der Waals surface area contributed by atoms with Crippen LogP contribution in [0.4, 0.5) is 4.79 Å². The van der Waals surface area contributed by atoms with E-state index in [-0.39, 0.29) is 18.5 Å². The Kier molecular flexibility index (Phi) is 4.30. The van der Waals surface area contributed by atoms with Crippen LogP contribution in [0, 0.1) is 6.92 Å². The van der Waals surface area contributed by atoms with Crippen LogP contribution in [0.2, 0.25) is 0 Å². The lowest BCUT2D eigenvalue weighted by molar-refractivity contribution is -0.131. The zero-order chi connectivity index (χ0) is 19.9. The number of benzene rings is 3. The Hall–Kier alpha value is -3.34. The van der Waals surface area contributed by atoms with Crippen molar-refractivity contribution >= 4 is 22.7 Å². The number of aryl methyl sites for hydroxylation is 1. The van der Waals surface area contributed by atoms with Gasteiger partial charge < -0.3 is 10.1 Å². The smallest absolute Gasteiger partial charge is 0.325 e. The number of hydrogen-bond donors (Lipinski definition) is 1. The molecule has 5 heteroatoms.